The molecule has 1 fully saturated rings. The van der Waals surface area contributed by atoms with Crippen LogP contribution in [0.1, 0.15) is 31.7 Å². The van der Waals surface area contributed by atoms with Crippen LogP contribution in [-0.2, 0) is 11.3 Å². The molecule has 1 heterocycles. The number of β-amino-alcohol motifs (C(OH)–C–C–N with tert-alkyl or cyclic N) is 1. The normalized spacial score (nSPS) is 24.4. The van der Waals surface area contributed by atoms with Crippen LogP contribution in [0.3, 0.4) is 0 Å². The molecule has 1 unspecified atom stereocenters. The number of aliphatic hydroxyl groups excluding tert-OH is 3. The van der Waals surface area contributed by atoms with Crippen LogP contribution in [0.15, 0.2) is 48.5 Å². The number of unbranched alkanes of at least 4 members (excludes halogenated alkanes) is 2. The van der Waals surface area contributed by atoms with Gasteiger partial charge in [-0.2, -0.15) is 0 Å². The van der Waals surface area contributed by atoms with Gasteiger partial charge in [0, 0.05) is 24.6 Å². The smallest absolute Gasteiger partial charge is 0.131 e. The third-order valence-electron chi connectivity index (χ3n) is 6.24. The molecule has 0 spiro atoms. The molecule has 5 nitrogen and oxygen atoms in total. The molecule has 4 atom stereocenters. The lowest BCUT2D eigenvalue weighted by atomic mass is 9.87. The number of hydrogen-bond donors (Lipinski definition) is 3. The van der Waals surface area contributed by atoms with Gasteiger partial charge in [0.25, 0.3) is 0 Å². The number of likely N-dealkylation sites (tertiary alicyclic amines) is 1. The zero-order valence-electron chi connectivity index (χ0n) is 18.2. The van der Waals surface area contributed by atoms with Crippen molar-refractivity contribution in [2.45, 2.75) is 51.0 Å². The number of rotatable bonds is 10. The van der Waals surface area contributed by atoms with E-state index < -0.39 is 12.2 Å². The molecule has 0 amide bonds. The van der Waals surface area contributed by atoms with E-state index in [1.54, 1.807) is 6.07 Å². The first-order chi connectivity index (χ1) is 15.0. The summed E-state index contributed by atoms with van der Waals surface area (Å²) in [4.78, 5) is 1.98. The Morgan fingerprint density at radius 3 is 2.55 bits per heavy atom. The fourth-order valence-electron chi connectivity index (χ4n) is 4.20. The number of ether oxygens (including phenoxy) is 1. The Morgan fingerprint density at radius 2 is 1.84 bits per heavy atom. The highest BCUT2D eigenvalue weighted by Gasteiger charge is 2.38. The fourth-order valence-corrected chi connectivity index (χ4v) is 4.20. The maximum absolute atomic E-state index is 14.4. The SMILES string of the molecule is CC1[C@@H](O)CN(CCCCCOCc2ccc(-c3ccccc3)c(F)c2)[C@@H](CO)[C@H]1O. The quantitative estimate of drug-likeness (QED) is 0.504. The van der Waals surface area contributed by atoms with E-state index in [4.69, 9.17) is 4.74 Å². The third kappa shape index (κ3) is 6.34. The van der Waals surface area contributed by atoms with Gasteiger partial charge in [-0.3, -0.25) is 4.90 Å². The van der Waals surface area contributed by atoms with Gasteiger partial charge in [0.05, 0.1) is 31.5 Å². The zero-order chi connectivity index (χ0) is 22.2. The average Bonchev–Trinajstić information content (AvgIpc) is 2.77. The predicted octanol–water partition coefficient (Wildman–Crippen LogP) is 3.21. The molecular weight excluding hydrogens is 397 g/mol. The van der Waals surface area contributed by atoms with Gasteiger partial charge < -0.3 is 20.1 Å². The van der Waals surface area contributed by atoms with Crippen molar-refractivity contribution in [2.75, 3.05) is 26.3 Å². The molecule has 6 heteroatoms. The Labute approximate surface area is 184 Å². The van der Waals surface area contributed by atoms with Crippen molar-refractivity contribution in [3.05, 3.63) is 59.9 Å². The zero-order valence-corrected chi connectivity index (χ0v) is 18.2. The summed E-state index contributed by atoms with van der Waals surface area (Å²) in [6, 6.07) is 14.4. The Balaban J connectivity index is 1.35. The molecule has 3 rings (SSSR count). The van der Waals surface area contributed by atoms with Gasteiger partial charge in [0.15, 0.2) is 0 Å². The van der Waals surface area contributed by atoms with Gasteiger partial charge in [0.1, 0.15) is 5.82 Å². The second kappa shape index (κ2) is 11.7. The summed E-state index contributed by atoms with van der Waals surface area (Å²) in [5.74, 6) is -0.473. The number of aliphatic hydroxyl groups is 3. The average molecular weight is 432 g/mol. The van der Waals surface area contributed by atoms with E-state index in [0.29, 0.717) is 25.3 Å². The van der Waals surface area contributed by atoms with E-state index in [0.717, 1.165) is 36.9 Å². The first-order valence-electron chi connectivity index (χ1n) is 11.1. The fraction of sp³-hybridized carbons (Fsp3) is 0.520. The van der Waals surface area contributed by atoms with Gasteiger partial charge in [-0.05, 0) is 43.0 Å². The Hall–Kier alpha value is -1.83. The molecule has 2 aromatic rings. The standard InChI is InChI=1S/C25H34FNO4/c1-18-24(29)15-27(23(16-28)25(18)30)12-6-3-7-13-31-17-19-10-11-21(22(26)14-19)20-8-4-2-5-9-20/h2,4-5,8-11,14,18,23-25,28-30H,3,6-7,12-13,15-17H2,1H3/t18?,23-,24-,25-/m0/s1. The molecular formula is C25H34FNO4. The molecule has 1 aliphatic rings. The van der Waals surface area contributed by atoms with Gasteiger partial charge >= 0.3 is 0 Å². The number of nitrogens with zero attached hydrogens (tertiary/aromatic N) is 1. The van der Waals surface area contributed by atoms with E-state index in [1.165, 1.54) is 6.07 Å². The molecule has 170 valence electrons. The summed E-state index contributed by atoms with van der Waals surface area (Å²) >= 11 is 0. The number of piperidine rings is 1. The molecule has 0 saturated carbocycles. The number of hydrogen-bond acceptors (Lipinski definition) is 5. The number of halogens is 1. The first-order valence-corrected chi connectivity index (χ1v) is 11.1. The van der Waals surface area contributed by atoms with Crippen molar-refractivity contribution in [1.29, 1.82) is 0 Å². The largest absolute Gasteiger partial charge is 0.395 e. The second-order valence-electron chi connectivity index (χ2n) is 8.46. The molecule has 0 radical (unpaired) electrons. The van der Waals surface area contributed by atoms with Gasteiger partial charge in [-0.25, -0.2) is 4.39 Å². The van der Waals surface area contributed by atoms with E-state index in [2.05, 4.69) is 0 Å². The summed E-state index contributed by atoms with van der Waals surface area (Å²) < 4.78 is 20.1. The predicted molar refractivity (Wildman–Crippen MR) is 119 cm³/mol. The lowest BCUT2D eigenvalue weighted by Gasteiger charge is -2.44. The lowest BCUT2D eigenvalue weighted by molar-refractivity contribution is -0.102. The molecule has 1 aliphatic heterocycles. The van der Waals surface area contributed by atoms with Crippen molar-refractivity contribution in [3.63, 3.8) is 0 Å². The molecule has 2 aromatic carbocycles. The minimum atomic E-state index is -0.717. The van der Waals surface area contributed by atoms with Crippen LogP contribution in [0.4, 0.5) is 4.39 Å². The Kier molecular flexibility index (Phi) is 8.99. The topological polar surface area (TPSA) is 73.2 Å². The molecule has 0 aliphatic carbocycles. The highest BCUT2D eigenvalue weighted by atomic mass is 19.1. The minimum Gasteiger partial charge on any atom is -0.395 e. The van der Waals surface area contributed by atoms with Crippen LogP contribution < -0.4 is 0 Å². The van der Waals surface area contributed by atoms with Crippen molar-refractivity contribution in [2.24, 2.45) is 5.92 Å². The summed E-state index contributed by atoms with van der Waals surface area (Å²) in [6.07, 6.45) is 1.43. The van der Waals surface area contributed by atoms with Crippen LogP contribution in [0.5, 0.6) is 0 Å². The molecule has 1 saturated heterocycles. The summed E-state index contributed by atoms with van der Waals surface area (Å²) in [5, 5.41) is 29.9. The third-order valence-corrected chi connectivity index (χ3v) is 6.24. The van der Waals surface area contributed by atoms with Crippen molar-refractivity contribution < 1.29 is 24.4 Å². The lowest BCUT2D eigenvalue weighted by Crippen LogP contribution is -2.59. The van der Waals surface area contributed by atoms with E-state index >= 15 is 0 Å². The number of benzene rings is 2. The van der Waals surface area contributed by atoms with Crippen molar-refractivity contribution in [1.82, 2.24) is 4.90 Å². The summed E-state index contributed by atoms with van der Waals surface area (Å²) in [7, 11) is 0. The second-order valence-corrected chi connectivity index (χ2v) is 8.46. The molecule has 0 bridgehead atoms. The van der Waals surface area contributed by atoms with Gasteiger partial charge in [0.2, 0.25) is 0 Å². The molecule has 0 aromatic heterocycles. The molecule has 3 N–H and O–H groups in total. The van der Waals surface area contributed by atoms with Crippen LogP contribution in [0.2, 0.25) is 0 Å². The van der Waals surface area contributed by atoms with E-state index in [9.17, 15) is 19.7 Å². The van der Waals surface area contributed by atoms with E-state index in [1.807, 2.05) is 48.2 Å². The summed E-state index contributed by atoms with van der Waals surface area (Å²) in [5.41, 5.74) is 2.26. The van der Waals surface area contributed by atoms with Crippen LogP contribution in [0.25, 0.3) is 11.1 Å². The van der Waals surface area contributed by atoms with Crippen molar-refractivity contribution in [3.8, 4) is 11.1 Å². The van der Waals surface area contributed by atoms with Crippen LogP contribution in [-0.4, -0.2) is 64.8 Å². The first kappa shape index (κ1) is 23.8. The van der Waals surface area contributed by atoms with Crippen LogP contribution in [0, 0.1) is 11.7 Å². The summed E-state index contributed by atoms with van der Waals surface area (Å²) in [6.45, 7) is 3.87. The monoisotopic (exact) mass is 431 g/mol. The van der Waals surface area contributed by atoms with Gasteiger partial charge in [-0.1, -0.05) is 49.4 Å². The maximum Gasteiger partial charge on any atom is 0.131 e. The maximum atomic E-state index is 14.4. The Morgan fingerprint density at radius 1 is 1.06 bits per heavy atom. The Bertz CT molecular complexity index is 803. The van der Waals surface area contributed by atoms with E-state index in [-0.39, 0.29) is 24.4 Å². The molecule has 31 heavy (non-hydrogen) atoms. The highest BCUT2D eigenvalue weighted by Crippen LogP contribution is 2.25. The van der Waals surface area contributed by atoms with Crippen molar-refractivity contribution >= 4 is 0 Å². The van der Waals surface area contributed by atoms with Crippen LogP contribution >= 0.6 is 0 Å². The highest BCUT2D eigenvalue weighted by molar-refractivity contribution is 5.64. The minimum absolute atomic E-state index is 0.110. The van der Waals surface area contributed by atoms with Gasteiger partial charge in [-0.15, -0.1) is 0 Å².